The highest BCUT2D eigenvalue weighted by Gasteiger charge is 2.49. The molecule has 1 atom stereocenters. The number of carbonyl (C=O) groups excluding carboxylic acids is 3. The van der Waals surface area contributed by atoms with Crippen LogP contribution in [-0.2, 0) is 28.1 Å². The molecule has 2 N–H and O–H groups in total. The van der Waals surface area contributed by atoms with Gasteiger partial charge in [0.2, 0.25) is 5.91 Å². The Morgan fingerprint density at radius 2 is 1.94 bits per heavy atom. The van der Waals surface area contributed by atoms with Crippen LogP contribution in [0.25, 0.3) is 11.3 Å². The van der Waals surface area contributed by atoms with Crippen molar-refractivity contribution in [2.45, 2.75) is 45.2 Å². The number of aromatic nitrogens is 2. The normalized spacial score (nSPS) is 19.6. The number of nitrogens with zero attached hydrogens (tertiary/aromatic N) is 3. The molecule has 1 unspecified atom stereocenters. The van der Waals surface area contributed by atoms with Crippen LogP contribution in [-0.4, -0.2) is 38.8 Å². The second kappa shape index (κ2) is 8.44. The number of amides is 4. The lowest BCUT2D eigenvalue weighted by molar-refractivity contribution is -0.133. The number of hydrogen-bond donors (Lipinski definition) is 2. The molecule has 2 aromatic carbocycles. The molecule has 0 saturated carbocycles. The predicted molar refractivity (Wildman–Crippen MR) is 128 cm³/mol. The Morgan fingerprint density at radius 1 is 1.15 bits per heavy atom. The lowest BCUT2D eigenvalue weighted by Gasteiger charge is -2.22. The van der Waals surface area contributed by atoms with E-state index in [0.717, 1.165) is 53.4 Å². The maximum Gasteiger partial charge on any atom is 0.325 e. The summed E-state index contributed by atoms with van der Waals surface area (Å²) in [4.78, 5) is 44.1. The molecule has 0 aliphatic carbocycles. The van der Waals surface area contributed by atoms with E-state index in [1.165, 1.54) is 0 Å². The number of carbonyl (C=O) groups is 3. The third kappa shape index (κ3) is 3.96. The minimum atomic E-state index is -1.20. The summed E-state index contributed by atoms with van der Waals surface area (Å²) in [6.45, 7) is 4.22. The summed E-state index contributed by atoms with van der Waals surface area (Å²) in [5.74, 6) is 0.192. The number of aryl methyl sites for hydroxylation is 3. The van der Waals surface area contributed by atoms with Crippen LogP contribution >= 0.6 is 0 Å². The molecule has 3 aromatic rings. The molecule has 0 spiro atoms. The molecule has 8 heteroatoms. The van der Waals surface area contributed by atoms with E-state index < -0.39 is 23.4 Å². The number of imide groups is 1. The zero-order valence-electron chi connectivity index (χ0n) is 19.3. The molecule has 0 radical (unpaired) electrons. The first-order valence-corrected chi connectivity index (χ1v) is 11.5. The number of nitrogens with one attached hydrogen (secondary N) is 2. The van der Waals surface area contributed by atoms with Gasteiger partial charge in [0.1, 0.15) is 17.9 Å². The molecule has 3 heterocycles. The van der Waals surface area contributed by atoms with Crippen molar-refractivity contribution in [3.63, 3.8) is 0 Å². The van der Waals surface area contributed by atoms with Gasteiger partial charge in [-0.25, -0.2) is 9.78 Å². The highest BCUT2D eigenvalue weighted by molar-refractivity contribution is 6.10. The molecular formula is C26H27N5O3. The number of hydrogen-bond acceptors (Lipinski definition) is 4. The van der Waals surface area contributed by atoms with Crippen molar-refractivity contribution in [2.75, 3.05) is 11.9 Å². The minimum Gasteiger partial charge on any atom is -0.334 e. The molecule has 0 bridgehead atoms. The maximum atomic E-state index is 13.1. The fourth-order valence-corrected chi connectivity index (χ4v) is 4.58. The van der Waals surface area contributed by atoms with Gasteiger partial charge in [0.15, 0.2) is 0 Å². The molecule has 1 aromatic heterocycles. The lowest BCUT2D eigenvalue weighted by atomic mass is 9.91. The average Bonchev–Trinajstić information content (AvgIpc) is 3.35. The largest absolute Gasteiger partial charge is 0.334 e. The smallest absolute Gasteiger partial charge is 0.325 e. The number of anilines is 1. The van der Waals surface area contributed by atoms with E-state index in [1.54, 1.807) is 13.0 Å². The van der Waals surface area contributed by atoms with Crippen molar-refractivity contribution in [1.82, 2.24) is 19.8 Å². The minimum absolute atomic E-state index is 0.366. The maximum absolute atomic E-state index is 13.1. The molecule has 1 fully saturated rings. The topological polar surface area (TPSA) is 96.3 Å². The molecule has 2 aliphatic heterocycles. The summed E-state index contributed by atoms with van der Waals surface area (Å²) in [7, 11) is 0. The molecule has 34 heavy (non-hydrogen) atoms. The van der Waals surface area contributed by atoms with Crippen LogP contribution in [0.15, 0.2) is 54.7 Å². The summed E-state index contributed by atoms with van der Waals surface area (Å²) in [5.41, 5.74) is 2.89. The SMILES string of the molecule is Cc1ccc(C2(C)NC(=O)N(CC(=O)Nc3cccc(-c4cn5c(n4)CCCC5)c3)C2=O)cc1. The fourth-order valence-electron chi connectivity index (χ4n) is 4.58. The second-order valence-electron chi connectivity index (χ2n) is 9.13. The van der Waals surface area contributed by atoms with Crippen LogP contribution < -0.4 is 10.6 Å². The highest BCUT2D eigenvalue weighted by atomic mass is 16.2. The van der Waals surface area contributed by atoms with Gasteiger partial charge in [0, 0.05) is 30.4 Å². The summed E-state index contributed by atoms with van der Waals surface area (Å²) in [5, 5.41) is 5.55. The third-order valence-electron chi connectivity index (χ3n) is 6.56. The number of urea groups is 1. The van der Waals surface area contributed by atoms with E-state index in [2.05, 4.69) is 21.4 Å². The first-order chi connectivity index (χ1) is 16.3. The standard InChI is InChI=1S/C26H27N5O3/c1-17-9-11-19(12-10-17)26(2)24(33)31(25(34)29-26)16-23(32)27-20-7-5-6-18(14-20)21-15-30-13-4-3-8-22(30)28-21/h5-7,9-12,14-15H,3-4,8,13,16H2,1-2H3,(H,27,32)(H,29,34). The molecule has 1 saturated heterocycles. The van der Waals surface area contributed by atoms with Crippen molar-refractivity contribution in [3.05, 3.63) is 71.7 Å². The number of benzene rings is 2. The Balaban J connectivity index is 1.28. The number of fused-ring (bicyclic) bond motifs is 1. The molecule has 5 rings (SSSR count). The van der Waals surface area contributed by atoms with E-state index in [9.17, 15) is 14.4 Å². The van der Waals surface area contributed by atoms with Gasteiger partial charge in [-0.15, -0.1) is 0 Å². The first kappa shape index (κ1) is 21.9. The van der Waals surface area contributed by atoms with Crippen molar-refractivity contribution >= 4 is 23.5 Å². The summed E-state index contributed by atoms with van der Waals surface area (Å²) >= 11 is 0. The van der Waals surface area contributed by atoms with Crippen molar-refractivity contribution in [2.24, 2.45) is 0 Å². The van der Waals surface area contributed by atoms with E-state index in [4.69, 9.17) is 4.98 Å². The van der Waals surface area contributed by atoms with Crippen LogP contribution in [0.4, 0.5) is 10.5 Å². The quantitative estimate of drug-likeness (QED) is 0.572. The van der Waals surface area contributed by atoms with Gasteiger partial charge in [-0.05, 0) is 44.4 Å². The monoisotopic (exact) mass is 457 g/mol. The Labute approximate surface area is 198 Å². The number of imidazole rings is 1. The zero-order chi connectivity index (χ0) is 23.9. The van der Waals surface area contributed by atoms with E-state index in [0.29, 0.717) is 11.3 Å². The zero-order valence-corrected chi connectivity index (χ0v) is 19.3. The molecule has 174 valence electrons. The highest BCUT2D eigenvalue weighted by Crippen LogP contribution is 2.29. The van der Waals surface area contributed by atoms with Crippen LogP contribution in [0.2, 0.25) is 0 Å². The molecule has 2 aliphatic rings. The Kier molecular flexibility index (Phi) is 5.43. The lowest BCUT2D eigenvalue weighted by Crippen LogP contribution is -2.42. The van der Waals surface area contributed by atoms with Crippen molar-refractivity contribution in [1.29, 1.82) is 0 Å². The van der Waals surface area contributed by atoms with E-state index >= 15 is 0 Å². The number of rotatable bonds is 5. The Hall–Kier alpha value is -3.94. The van der Waals surface area contributed by atoms with Crippen molar-refractivity contribution < 1.29 is 14.4 Å². The molecular weight excluding hydrogens is 430 g/mol. The Morgan fingerprint density at radius 3 is 2.71 bits per heavy atom. The fraction of sp³-hybridized carbons (Fsp3) is 0.308. The van der Waals surface area contributed by atoms with Crippen molar-refractivity contribution in [3.8, 4) is 11.3 Å². The average molecular weight is 458 g/mol. The van der Waals surface area contributed by atoms with Crippen LogP contribution in [0.1, 0.15) is 36.7 Å². The predicted octanol–water partition coefficient (Wildman–Crippen LogP) is 3.60. The van der Waals surface area contributed by atoms with E-state index in [-0.39, 0.29) is 6.54 Å². The van der Waals surface area contributed by atoms with E-state index in [1.807, 2.05) is 49.4 Å². The summed E-state index contributed by atoms with van der Waals surface area (Å²) in [6.07, 6.45) is 5.33. The first-order valence-electron chi connectivity index (χ1n) is 11.5. The van der Waals surface area contributed by atoms with Gasteiger partial charge < -0.3 is 15.2 Å². The summed E-state index contributed by atoms with van der Waals surface area (Å²) < 4.78 is 2.19. The van der Waals surface area contributed by atoms with Gasteiger partial charge in [-0.3, -0.25) is 14.5 Å². The Bertz CT molecular complexity index is 1260. The summed E-state index contributed by atoms with van der Waals surface area (Å²) in [6, 6.07) is 14.3. The van der Waals surface area contributed by atoms with Crippen LogP contribution in [0.3, 0.4) is 0 Å². The van der Waals surface area contributed by atoms with Gasteiger partial charge in [0.05, 0.1) is 5.69 Å². The second-order valence-corrected chi connectivity index (χ2v) is 9.13. The molecule has 4 amide bonds. The van der Waals surface area contributed by atoms with Gasteiger partial charge in [0.25, 0.3) is 5.91 Å². The van der Waals surface area contributed by atoms with Gasteiger partial charge in [-0.2, -0.15) is 0 Å². The van der Waals surface area contributed by atoms with Gasteiger partial charge in [-0.1, -0.05) is 42.0 Å². The van der Waals surface area contributed by atoms with Crippen LogP contribution in [0, 0.1) is 6.92 Å². The van der Waals surface area contributed by atoms with Gasteiger partial charge >= 0.3 is 6.03 Å². The third-order valence-corrected chi connectivity index (χ3v) is 6.56. The molecule has 8 nitrogen and oxygen atoms in total. The van der Waals surface area contributed by atoms with Crippen LogP contribution in [0.5, 0.6) is 0 Å².